The van der Waals surface area contributed by atoms with E-state index in [1.54, 1.807) is 37.3 Å². The Labute approximate surface area is 196 Å². The number of nitrogens with one attached hydrogen (secondary N) is 1. The van der Waals surface area contributed by atoms with E-state index < -0.39 is 38.0 Å². The fraction of sp³-hybridized carbons (Fsp3) is 0.476. The van der Waals surface area contributed by atoms with Crippen LogP contribution in [0.3, 0.4) is 0 Å². The summed E-state index contributed by atoms with van der Waals surface area (Å²) in [5.41, 5.74) is 4.91. The van der Waals surface area contributed by atoms with Crippen molar-refractivity contribution in [2.45, 2.75) is 51.9 Å². The highest BCUT2D eigenvalue weighted by Crippen LogP contribution is 2.45. The van der Waals surface area contributed by atoms with Crippen LogP contribution in [0, 0.1) is 0 Å². The van der Waals surface area contributed by atoms with E-state index in [2.05, 4.69) is 10.1 Å². The van der Waals surface area contributed by atoms with E-state index in [9.17, 15) is 14.2 Å². The van der Waals surface area contributed by atoms with Gasteiger partial charge in [-0.15, -0.1) is 0 Å². The number of anilines is 1. The molecule has 0 unspecified atom stereocenters. The zero-order valence-corrected chi connectivity index (χ0v) is 20.1. The number of nitrogens with two attached hydrogens (primary N) is 1. The normalized spacial score (nSPS) is 21.4. The van der Waals surface area contributed by atoms with Gasteiger partial charge in [-0.2, -0.15) is 10.1 Å². The quantitative estimate of drug-likeness (QED) is 0.348. The number of rotatable bonds is 11. The Hall–Kier alpha value is -2.76. The van der Waals surface area contributed by atoms with Crippen molar-refractivity contribution >= 4 is 19.5 Å². The predicted molar refractivity (Wildman–Crippen MR) is 122 cm³/mol. The van der Waals surface area contributed by atoms with E-state index in [1.807, 2.05) is 6.92 Å². The molecule has 0 saturated carbocycles. The Morgan fingerprint density at radius 1 is 1.32 bits per heavy atom. The number of carbonyl (C=O) groups is 1. The van der Waals surface area contributed by atoms with Crippen LogP contribution in [0.15, 0.2) is 47.4 Å². The molecule has 0 radical (unpaired) electrons. The maximum absolute atomic E-state index is 13.5. The molecule has 1 aliphatic heterocycles. The monoisotopic (exact) mass is 496 g/mol. The van der Waals surface area contributed by atoms with Gasteiger partial charge in [0.25, 0.3) is 0 Å². The van der Waals surface area contributed by atoms with Crippen LogP contribution in [-0.2, 0) is 28.1 Å². The summed E-state index contributed by atoms with van der Waals surface area (Å²) in [4.78, 5) is 28.0. The van der Waals surface area contributed by atoms with E-state index in [0.29, 0.717) is 6.42 Å². The number of benzene rings is 1. The third-order valence-corrected chi connectivity index (χ3v) is 6.49. The first-order valence-electron chi connectivity index (χ1n) is 10.8. The summed E-state index contributed by atoms with van der Waals surface area (Å²) in [6.45, 7) is 4.86. The second-order valence-corrected chi connectivity index (χ2v) is 9.29. The van der Waals surface area contributed by atoms with Crippen molar-refractivity contribution in [1.82, 2.24) is 14.6 Å². The molecule has 0 bridgehead atoms. The lowest BCUT2D eigenvalue weighted by atomic mass is 10.3. The number of aromatic nitrogens is 2. The van der Waals surface area contributed by atoms with Crippen LogP contribution in [0.1, 0.15) is 33.4 Å². The minimum Gasteiger partial charge on any atom is -0.462 e. The molecule has 2 heterocycles. The highest BCUT2D eigenvalue weighted by atomic mass is 31.2. The van der Waals surface area contributed by atoms with Gasteiger partial charge in [-0.3, -0.25) is 13.9 Å². The van der Waals surface area contributed by atoms with Gasteiger partial charge >= 0.3 is 19.4 Å². The molecule has 34 heavy (non-hydrogen) atoms. The number of carbonyl (C=O) groups excluding carboxylic acids is 1. The van der Waals surface area contributed by atoms with Gasteiger partial charge in [0.2, 0.25) is 0 Å². The Kier molecular flexibility index (Phi) is 8.81. The fourth-order valence-corrected chi connectivity index (χ4v) is 4.34. The maximum atomic E-state index is 13.5. The zero-order valence-electron chi connectivity index (χ0n) is 19.2. The SMILES string of the molecule is CC[C@@H](C)OC(=O)[C@H](C)N[P@](=O)(OC[C@H]1OC[C@@H](n2ccc(N)nc2=O)O1)Oc1ccccc1. The lowest BCUT2D eigenvalue weighted by Gasteiger charge is -2.24. The molecule has 1 saturated heterocycles. The lowest BCUT2D eigenvalue weighted by Crippen LogP contribution is -2.37. The summed E-state index contributed by atoms with van der Waals surface area (Å²) in [6.07, 6.45) is 0.0669. The van der Waals surface area contributed by atoms with Crippen LogP contribution in [0.25, 0.3) is 0 Å². The number of esters is 1. The highest BCUT2D eigenvalue weighted by molar-refractivity contribution is 7.52. The molecule has 2 aromatic rings. The second-order valence-electron chi connectivity index (χ2n) is 7.60. The van der Waals surface area contributed by atoms with E-state index in [4.69, 9.17) is 29.0 Å². The minimum absolute atomic E-state index is 0.0361. The largest absolute Gasteiger partial charge is 0.462 e. The first-order valence-corrected chi connectivity index (χ1v) is 12.3. The Balaban J connectivity index is 1.66. The van der Waals surface area contributed by atoms with Gasteiger partial charge in [-0.25, -0.2) is 9.36 Å². The van der Waals surface area contributed by atoms with Gasteiger partial charge in [0, 0.05) is 6.20 Å². The molecular formula is C21H29N4O8P. The molecule has 0 spiro atoms. The number of ether oxygens (including phenoxy) is 3. The van der Waals surface area contributed by atoms with Crippen molar-refractivity contribution in [3.05, 3.63) is 53.1 Å². The van der Waals surface area contributed by atoms with Crippen LogP contribution < -0.4 is 21.0 Å². The van der Waals surface area contributed by atoms with Crippen molar-refractivity contribution in [3.8, 4) is 5.75 Å². The summed E-state index contributed by atoms with van der Waals surface area (Å²) < 4.78 is 42.3. The van der Waals surface area contributed by atoms with Gasteiger partial charge in [0.05, 0.1) is 12.7 Å². The number of para-hydroxylation sites is 1. The molecule has 0 amide bonds. The molecule has 3 rings (SSSR count). The van der Waals surface area contributed by atoms with Gasteiger partial charge in [-0.05, 0) is 38.5 Å². The first kappa shape index (κ1) is 25.9. The second kappa shape index (κ2) is 11.6. The summed E-state index contributed by atoms with van der Waals surface area (Å²) in [6, 6.07) is 8.84. The molecule has 1 aromatic heterocycles. The molecule has 3 N–H and O–H groups in total. The van der Waals surface area contributed by atoms with Crippen LogP contribution >= 0.6 is 7.75 Å². The zero-order chi connectivity index (χ0) is 24.7. The van der Waals surface area contributed by atoms with Crippen molar-refractivity contribution in [2.75, 3.05) is 18.9 Å². The van der Waals surface area contributed by atoms with Gasteiger partial charge in [0.1, 0.15) is 24.2 Å². The predicted octanol–water partition coefficient (Wildman–Crippen LogP) is 2.22. The third kappa shape index (κ3) is 7.12. The van der Waals surface area contributed by atoms with Crippen molar-refractivity contribution in [2.24, 2.45) is 0 Å². The molecule has 186 valence electrons. The summed E-state index contributed by atoms with van der Waals surface area (Å²) in [5.74, 6) is -0.240. The smallest absolute Gasteiger partial charge is 0.459 e. The molecule has 1 aliphatic rings. The topological polar surface area (TPSA) is 153 Å². The molecule has 0 aliphatic carbocycles. The van der Waals surface area contributed by atoms with Gasteiger partial charge < -0.3 is 24.5 Å². The van der Waals surface area contributed by atoms with Crippen molar-refractivity contribution in [3.63, 3.8) is 0 Å². The summed E-state index contributed by atoms with van der Waals surface area (Å²) in [5, 5.41) is 2.60. The van der Waals surface area contributed by atoms with Gasteiger partial charge in [-0.1, -0.05) is 25.1 Å². The minimum atomic E-state index is -4.07. The standard InChI is InChI=1S/C21H29N4O8P/c1-4-14(2)31-20(26)15(3)24-34(28,33-16-8-6-5-7-9-16)30-13-19-29-12-18(32-19)25-11-10-17(22)23-21(25)27/h5-11,14-15,18-19H,4,12-13H2,1-3H3,(H,24,28)(H2,22,23,27)/t14-,15+,18+,19+,34+/m1/s1. The van der Waals surface area contributed by atoms with Crippen molar-refractivity contribution < 1.29 is 32.6 Å². The van der Waals surface area contributed by atoms with Crippen molar-refractivity contribution in [1.29, 1.82) is 0 Å². The molecular weight excluding hydrogens is 467 g/mol. The van der Waals surface area contributed by atoms with Gasteiger partial charge in [0.15, 0.2) is 12.5 Å². The maximum Gasteiger partial charge on any atom is 0.459 e. The Morgan fingerprint density at radius 2 is 2.06 bits per heavy atom. The van der Waals surface area contributed by atoms with E-state index in [-0.39, 0.29) is 30.9 Å². The molecule has 13 heteroatoms. The van der Waals surface area contributed by atoms with E-state index in [1.165, 1.54) is 23.8 Å². The number of hydrogen-bond donors (Lipinski definition) is 2. The van der Waals surface area contributed by atoms with Crippen LogP contribution in [0.5, 0.6) is 5.75 Å². The molecule has 1 fully saturated rings. The molecule has 12 nitrogen and oxygen atoms in total. The summed E-state index contributed by atoms with van der Waals surface area (Å²) >= 11 is 0. The van der Waals surface area contributed by atoms with Crippen LogP contribution in [-0.4, -0.2) is 47.2 Å². The average Bonchev–Trinajstić information content (AvgIpc) is 3.27. The Bertz CT molecular complexity index is 1070. The van der Waals surface area contributed by atoms with E-state index >= 15 is 0 Å². The van der Waals surface area contributed by atoms with Crippen LogP contribution in [0.4, 0.5) is 5.82 Å². The lowest BCUT2D eigenvalue weighted by molar-refractivity contribution is -0.150. The third-order valence-electron chi connectivity index (χ3n) is 4.84. The highest BCUT2D eigenvalue weighted by Gasteiger charge is 2.36. The average molecular weight is 496 g/mol. The molecule has 5 atom stereocenters. The fourth-order valence-electron chi connectivity index (χ4n) is 2.86. The molecule has 1 aromatic carbocycles. The number of hydrogen-bond acceptors (Lipinski definition) is 10. The summed E-state index contributed by atoms with van der Waals surface area (Å²) in [7, 11) is -4.07. The number of nitrogen functional groups attached to an aromatic ring is 1. The first-order chi connectivity index (χ1) is 16.2. The Morgan fingerprint density at radius 3 is 2.74 bits per heavy atom. The van der Waals surface area contributed by atoms with E-state index in [0.717, 1.165) is 0 Å². The number of nitrogens with zero attached hydrogens (tertiary/aromatic N) is 2. The van der Waals surface area contributed by atoms with Crippen LogP contribution in [0.2, 0.25) is 0 Å².